The average molecular weight is 363 g/mol. The molecule has 0 radical (unpaired) electrons. The van der Waals surface area contributed by atoms with E-state index in [9.17, 15) is 9.59 Å². The number of nitrogens with zero attached hydrogens (tertiary/aromatic N) is 1. The van der Waals surface area contributed by atoms with Crippen LogP contribution in [0.2, 0.25) is 0 Å². The minimum Gasteiger partial charge on any atom is -0.339 e. The number of hydrogen-bond acceptors (Lipinski definition) is 3. The van der Waals surface area contributed by atoms with E-state index in [4.69, 9.17) is 0 Å². The van der Waals surface area contributed by atoms with Crippen molar-refractivity contribution < 1.29 is 9.59 Å². The molecule has 4 rings (SSSR count). The Balaban J connectivity index is 1.31. The van der Waals surface area contributed by atoms with Gasteiger partial charge < -0.3 is 15.5 Å². The van der Waals surface area contributed by atoms with E-state index in [1.165, 1.54) is 5.56 Å². The molecule has 2 heterocycles. The molecule has 5 heteroatoms. The average Bonchev–Trinajstić information content (AvgIpc) is 2.72. The van der Waals surface area contributed by atoms with E-state index in [2.05, 4.69) is 34.9 Å². The molecule has 140 valence electrons. The number of rotatable bonds is 4. The Labute approximate surface area is 159 Å². The van der Waals surface area contributed by atoms with Crippen molar-refractivity contribution in [3.63, 3.8) is 0 Å². The number of amides is 2. The lowest BCUT2D eigenvalue weighted by Gasteiger charge is -2.33. The first-order valence-corrected chi connectivity index (χ1v) is 9.68. The molecule has 2 aliphatic rings. The van der Waals surface area contributed by atoms with Gasteiger partial charge in [0.15, 0.2) is 0 Å². The van der Waals surface area contributed by atoms with Crippen LogP contribution < -0.4 is 10.6 Å². The standard InChI is InChI=1S/C22H25N3O2/c26-21-9-7-17-14-18(6-8-20(17)24-21)22(27)25-12-10-19(11-13-25)23-15-16-4-2-1-3-5-16/h1-6,8,14,19,23H,7,9-13,15H2,(H,24,26). The van der Waals surface area contributed by atoms with E-state index in [-0.39, 0.29) is 11.8 Å². The molecule has 0 bridgehead atoms. The fourth-order valence-electron chi connectivity index (χ4n) is 3.84. The molecule has 0 saturated carbocycles. The summed E-state index contributed by atoms with van der Waals surface area (Å²) in [6, 6.07) is 16.5. The van der Waals surface area contributed by atoms with Gasteiger partial charge in [-0.05, 0) is 48.6 Å². The van der Waals surface area contributed by atoms with Gasteiger partial charge in [0.2, 0.25) is 5.91 Å². The topological polar surface area (TPSA) is 61.4 Å². The fourth-order valence-corrected chi connectivity index (χ4v) is 3.84. The van der Waals surface area contributed by atoms with Crippen LogP contribution in [0.3, 0.4) is 0 Å². The van der Waals surface area contributed by atoms with Crippen molar-refractivity contribution in [1.82, 2.24) is 10.2 Å². The first-order valence-electron chi connectivity index (χ1n) is 9.68. The van der Waals surface area contributed by atoms with Crippen LogP contribution in [0, 0.1) is 0 Å². The van der Waals surface area contributed by atoms with E-state index in [0.717, 1.165) is 49.3 Å². The number of nitrogens with one attached hydrogen (secondary N) is 2. The SMILES string of the molecule is O=C1CCc2cc(C(=O)N3CCC(NCc4ccccc4)CC3)ccc2N1. The summed E-state index contributed by atoms with van der Waals surface area (Å²) in [5.74, 6) is 0.142. The Morgan fingerprint density at radius 2 is 1.85 bits per heavy atom. The fraction of sp³-hybridized carbons (Fsp3) is 0.364. The van der Waals surface area contributed by atoms with Crippen molar-refractivity contribution in [3.8, 4) is 0 Å². The van der Waals surface area contributed by atoms with Crippen molar-refractivity contribution in [1.29, 1.82) is 0 Å². The number of aryl methyl sites for hydroxylation is 1. The van der Waals surface area contributed by atoms with Gasteiger partial charge in [-0.3, -0.25) is 9.59 Å². The number of hydrogen-bond donors (Lipinski definition) is 2. The summed E-state index contributed by atoms with van der Waals surface area (Å²) in [7, 11) is 0. The predicted octanol–water partition coefficient (Wildman–Crippen LogP) is 2.97. The van der Waals surface area contributed by atoms with Crippen LogP contribution in [-0.4, -0.2) is 35.8 Å². The highest BCUT2D eigenvalue weighted by molar-refractivity contribution is 5.98. The van der Waals surface area contributed by atoms with E-state index in [0.29, 0.717) is 18.9 Å². The van der Waals surface area contributed by atoms with Gasteiger partial charge in [-0.2, -0.15) is 0 Å². The lowest BCUT2D eigenvalue weighted by atomic mass is 9.99. The second-order valence-electron chi connectivity index (χ2n) is 7.35. The molecule has 0 aromatic heterocycles. The van der Waals surface area contributed by atoms with Gasteiger partial charge in [0.1, 0.15) is 0 Å². The van der Waals surface area contributed by atoms with Crippen molar-refractivity contribution in [2.45, 2.75) is 38.3 Å². The molecule has 2 amide bonds. The maximum atomic E-state index is 12.9. The molecule has 0 atom stereocenters. The largest absolute Gasteiger partial charge is 0.339 e. The maximum absolute atomic E-state index is 12.9. The zero-order valence-corrected chi connectivity index (χ0v) is 15.4. The zero-order chi connectivity index (χ0) is 18.6. The van der Waals surface area contributed by atoms with Crippen molar-refractivity contribution >= 4 is 17.5 Å². The molecular weight excluding hydrogens is 338 g/mol. The van der Waals surface area contributed by atoms with Crippen LogP contribution in [0.15, 0.2) is 48.5 Å². The highest BCUT2D eigenvalue weighted by atomic mass is 16.2. The Morgan fingerprint density at radius 3 is 2.63 bits per heavy atom. The maximum Gasteiger partial charge on any atom is 0.253 e. The van der Waals surface area contributed by atoms with Crippen LogP contribution in [0.5, 0.6) is 0 Å². The minimum atomic E-state index is 0.0478. The number of fused-ring (bicyclic) bond motifs is 1. The van der Waals surface area contributed by atoms with Gasteiger partial charge in [-0.1, -0.05) is 30.3 Å². The van der Waals surface area contributed by atoms with Gasteiger partial charge in [0, 0.05) is 43.3 Å². The van der Waals surface area contributed by atoms with Crippen LogP contribution in [-0.2, 0) is 17.8 Å². The number of likely N-dealkylation sites (tertiary alicyclic amines) is 1. The van der Waals surface area contributed by atoms with Crippen LogP contribution in [0.4, 0.5) is 5.69 Å². The third-order valence-electron chi connectivity index (χ3n) is 5.47. The summed E-state index contributed by atoms with van der Waals surface area (Å²) in [6.07, 6.45) is 3.13. The van der Waals surface area contributed by atoms with Crippen molar-refractivity contribution in [2.24, 2.45) is 0 Å². The smallest absolute Gasteiger partial charge is 0.253 e. The normalized spacial score (nSPS) is 17.3. The molecule has 0 aliphatic carbocycles. The second-order valence-corrected chi connectivity index (χ2v) is 7.35. The number of carbonyl (C=O) groups excluding carboxylic acids is 2. The lowest BCUT2D eigenvalue weighted by molar-refractivity contribution is -0.116. The molecule has 5 nitrogen and oxygen atoms in total. The summed E-state index contributed by atoms with van der Waals surface area (Å²) in [5, 5.41) is 6.47. The molecular formula is C22H25N3O2. The Kier molecular flexibility index (Phi) is 5.21. The van der Waals surface area contributed by atoms with Crippen LogP contribution in [0.25, 0.3) is 0 Å². The van der Waals surface area contributed by atoms with Crippen LogP contribution >= 0.6 is 0 Å². The minimum absolute atomic E-state index is 0.0478. The third-order valence-corrected chi connectivity index (χ3v) is 5.47. The summed E-state index contributed by atoms with van der Waals surface area (Å²) >= 11 is 0. The third kappa shape index (κ3) is 4.19. The van der Waals surface area contributed by atoms with Crippen molar-refractivity contribution in [3.05, 3.63) is 65.2 Å². The van der Waals surface area contributed by atoms with Gasteiger partial charge in [-0.15, -0.1) is 0 Å². The molecule has 0 unspecified atom stereocenters. The predicted molar refractivity (Wildman–Crippen MR) is 106 cm³/mol. The van der Waals surface area contributed by atoms with E-state index >= 15 is 0 Å². The molecule has 2 aromatic rings. The van der Waals surface area contributed by atoms with Crippen molar-refractivity contribution in [2.75, 3.05) is 18.4 Å². The lowest BCUT2D eigenvalue weighted by Crippen LogP contribution is -2.44. The molecule has 27 heavy (non-hydrogen) atoms. The Hall–Kier alpha value is -2.66. The van der Waals surface area contributed by atoms with Gasteiger partial charge in [-0.25, -0.2) is 0 Å². The summed E-state index contributed by atoms with van der Waals surface area (Å²) in [4.78, 5) is 26.3. The first-order chi connectivity index (χ1) is 13.2. The monoisotopic (exact) mass is 363 g/mol. The highest BCUT2D eigenvalue weighted by Crippen LogP contribution is 2.25. The summed E-state index contributed by atoms with van der Waals surface area (Å²) in [5.41, 5.74) is 3.91. The number of anilines is 1. The number of carbonyl (C=O) groups is 2. The number of piperidine rings is 1. The molecule has 1 fully saturated rings. The molecule has 2 aliphatic heterocycles. The molecule has 1 saturated heterocycles. The van der Waals surface area contributed by atoms with E-state index < -0.39 is 0 Å². The Bertz CT molecular complexity index is 827. The highest BCUT2D eigenvalue weighted by Gasteiger charge is 2.24. The summed E-state index contributed by atoms with van der Waals surface area (Å²) < 4.78 is 0. The first kappa shape index (κ1) is 17.7. The Morgan fingerprint density at radius 1 is 1.07 bits per heavy atom. The van der Waals surface area contributed by atoms with Gasteiger partial charge in [0.25, 0.3) is 5.91 Å². The molecule has 2 N–H and O–H groups in total. The van der Waals surface area contributed by atoms with Gasteiger partial charge >= 0.3 is 0 Å². The second kappa shape index (κ2) is 7.92. The molecule has 2 aromatic carbocycles. The van der Waals surface area contributed by atoms with Crippen LogP contribution in [0.1, 0.15) is 40.7 Å². The summed E-state index contributed by atoms with van der Waals surface area (Å²) in [6.45, 7) is 2.42. The van der Waals surface area contributed by atoms with Gasteiger partial charge in [0.05, 0.1) is 0 Å². The zero-order valence-electron chi connectivity index (χ0n) is 15.4. The van der Waals surface area contributed by atoms with E-state index in [1.807, 2.05) is 29.2 Å². The quantitative estimate of drug-likeness (QED) is 0.878. The van der Waals surface area contributed by atoms with E-state index in [1.54, 1.807) is 0 Å². The molecule has 0 spiro atoms. The number of benzene rings is 2.